The maximum atomic E-state index is 13.6. The Morgan fingerprint density at radius 1 is 1.19 bits per heavy atom. The molecule has 1 aromatic rings. The molecule has 27 heavy (non-hydrogen) atoms. The molecule has 1 aliphatic heterocycles. The smallest absolute Gasteiger partial charge is 0.303 e. The zero-order valence-electron chi connectivity index (χ0n) is 14.9. The number of hydrogen-bond donors (Lipinski definition) is 2. The van der Waals surface area contributed by atoms with Crippen LogP contribution in [0.15, 0.2) is 29.2 Å². The molecule has 0 spiro atoms. The molecule has 8 heteroatoms. The van der Waals surface area contributed by atoms with E-state index in [9.17, 15) is 23.4 Å². The molecule has 148 valence electrons. The van der Waals surface area contributed by atoms with Gasteiger partial charge in [0.15, 0.2) is 0 Å². The fraction of sp³-hybridized carbons (Fsp3) is 0.632. The Bertz CT molecular complexity index is 832. The molecule has 3 atom stereocenters. The van der Waals surface area contributed by atoms with Gasteiger partial charge in [-0.2, -0.15) is 4.31 Å². The normalized spacial score (nSPS) is 30.8. The van der Waals surface area contributed by atoms with E-state index in [4.69, 9.17) is 11.6 Å². The molecule has 1 saturated heterocycles. The molecule has 0 amide bonds. The van der Waals surface area contributed by atoms with E-state index in [1.54, 1.807) is 16.4 Å². The van der Waals surface area contributed by atoms with Crippen molar-refractivity contribution in [3.05, 3.63) is 29.3 Å². The first-order valence-corrected chi connectivity index (χ1v) is 11.2. The van der Waals surface area contributed by atoms with Gasteiger partial charge >= 0.3 is 5.97 Å². The van der Waals surface area contributed by atoms with Crippen LogP contribution in [0.3, 0.4) is 0 Å². The molecule has 1 heterocycles. The number of halogens is 1. The van der Waals surface area contributed by atoms with Crippen LogP contribution in [0.2, 0.25) is 5.02 Å². The zero-order chi connectivity index (χ0) is 19.4. The summed E-state index contributed by atoms with van der Waals surface area (Å²) in [6, 6.07) is 5.35. The zero-order valence-corrected chi connectivity index (χ0v) is 16.5. The number of rotatable bonds is 6. The second-order valence-electron chi connectivity index (χ2n) is 8.27. The third-order valence-corrected chi connectivity index (χ3v) is 8.50. The lowest BCUT2D eigenvalue weighted by Gasteiger charge is -2.46. The molecule has 2 aliphatic carbocycles. The highest BCUT2D eigenvalue weighted by atomic mass is 35.5. The second kappa shape index (κ2) is 6.72. The van der Waals surface area contributed by atoms with Crippen LogP contribution < -0.4 is 0 Å². The maximum absolute atomic E-state index is 13.6. The summed E-state index contributed by atoms with van der Waals surface area (Å²) in [4.78, 5) is 11.6. The van der Waals surface area contributed by atoms with Crippen molar-refractivity contribution >= 4 is 27.6 Å². The van der Waals surface area contributed by atoms with Gasteiger partial charge in [-0.05, 0) is 74.1 Å². The Morgan fingerprint density at radius 3 is 2.33 bits per heavy atom. The number of nitrogens with zero attached hydrogens (tertiary/aromatic N) is 1. The van der Waals surface area contributed by atoms with Crippen LogP contribution in [0, 0.1) is 11.3 Å². The molecule has 0 bridgehead atoms. The largest absolute Gasteiger partial charge is 0.481 e. The van der Waals surface area contributed by atoms with Gasteiger partial charge in [-0.3, -0.25) is 4.79 Å². The molecule has 0 radical (unpaired) electrons. The minimum Gasteiger partial charge on any atom is -0.481 e. The van der Waals surface area contributed by atoms with Gasteiger partial charge in [0.05, 0.1) is 17.4 Å². The van der Waals surface area contributed by atoms with Crippen LogP contribution in [0.1, 0.15) is 44.9 Å². The number of carboxylic acids is 1. The van der Waals surface area contributed by atoms with E-state index in [0.29, 0.717) is 30.7 Å². The molecule has 0 unspecified atom stereocenters. The number of sulfonamides is 1. The molecule has 1 aromatic carbocycles. The highest BCUT2D eigenvalue weighted by molar-refractivity contribution is 7.89. The number of aliphatic carboxylic acids is 1. The fourth-order valence-electron chi connectivity index (χ4n) is 4.64. The van der Waals surface area contributed by atoms with E-state index in [1.807, 2.05) is 0 Å². The van der Waals surface area contributed by atoms with Gasteiger partial charge < -0.3 is 10.2 Å². The van der Waals surface area contributed by atoms with E-state index >= 15 is 0 Å². The summed E-state index contributed by atoms with van der Waals surface area (Å²) in [5.74, 6) is -0.676. The quantitative estimate of drug-likeness (QED) is 0.747. The topological polar surface area (TPSA) is 94.9 Å². The monoisotopic (exact) mass is 413 g/mol. The average molecular weight is 414 g/mol. The van der Waals surface area contributed by atoms with Crippen LogP contribution in [-0.2, 0) is 14.8 Å². The fourth-order valence-corrected chi connectivity index (χ4v) is 6.75. The summed E-state index contributed by atoms with van der Waals surface area (Å²) >= 11 is 5.92. The number of hydrogen-bond acceptors (Lipinski definition) is 4. The van der Waals surface area contributed by atoms with Gasteiger partial charge in [-0.25, -0.2) is 8.42 Å². The molecule has 4 rings (SSSR count). The van der Waals surface area contributed by atoms with Crippen molar-refractivity contribution in [3.8, 4) is 0 Å². The predicted molar refractivity (Wildman–Crippen MR) is 99.9 cm³/mol. The van der Waals surface area contributed by atoms with Crippen LogP contribution in [0.25, 0.3) is 0 Å². The van der Waals surface area contributed by atoms with Gasteiger partial charge in [0, 0.05) is 17.1 Å². The van der Waals surface area contributed by atoms with Crippen molar-refractivity contribution in [2.24, 2.45) is 11.3 Å². The number of benzene rings is 1. The minimum atomic E-state index is -3.81. The van der Waals surface area contributed by atoms with E-state index in [2.05, 4.69) is 0 Å². The van der Waals surface area contributed by atoms with Crippen molar-refractivity contribution in [2.45, 2.75) is 68.0 Å². The number of aliphatic hydroxyl groups excluding tert-OH is 1. The molecule has 3 aliphatic rings. The van der Waals surface area contributed by atoms with Gasteiger partial charge in [0.2, 0.25) is 10.0 Å². The Hall–Kier alpha value is -1.15. The first kappa shape index (κ1) is 19.2. The molecule has 6 nitrogen and oxygen atoms in total. The highest BCUT2D eigenvalue weighted by Gasteiger charge is 2.60. The predicted octanol–water partition coefficient (Wildman–Crippen LogP) is 2.89. The van der Waals surface area contributed by atoms with E-state index < -0.39 is 33.6 Å². The van der Waals surface area contributed by atoms with E-state index in [0.717, 1.165) is 12.8 Å². The average Bonchev–Trinajstić information content (AvgIpc) is 3.49. The first-order valence-electron chi connectivity index (χ1n) is 9.42. The van der Waals surface area contributed by atoms with Gasteiger partial charge in [0.1, 0.15) is 0 Å². The summed E-state index contributed by atoms with van der Waals surface area (Å²) in [5, 5.41) is 20.3. The lowest BCUT2D eigenvalue weighted by Crippen LogP contribution is -2.57. The van der Waals surface area contributed by atoms with Gasteiger partial charge in [-0.1, -0.05) is 11.6 Å². The minimum absolute atomic E-state index is 0.0611. The van der Waals surface area contributed by atoms with Gasteiger partial charge in [-0.15, -0.1) is 0 Å². The number of piperidine rings is 1. The summed E-state index contributed by atoms with van der Waals surface area (Å²) in [6.45, 7) is 0. The van der Waals surface area contributed by atoms with E-state index in [-0.39, 0.29) is 23.3 Å². The van der Waals surface area contributed by atoms with E-state index in [1.165, 1.54) is 12.1 Å². The van der Waals surface area contributed by atoms with Crippen molar-refractivity contribution in [1.29, 1.82) is 0 Å². The third kappa shape index (κ3) is 3.62. The Balaban J connectivity index is 1.76. The Kier molecular flexibility index (Phi) is 4.78. The summed E-state index contributed by atoms with van der Waals surface area (Å²) < 4.78 is 28.7. The molecule has 0 aromatic heterocycles. The standard InChI is InChI=1S/C19H24ClNO5S/c20-13-3-5-15(6-4-13)27(25,26)21-16(12-1-2-12)9-14(22)10-17(21)19(7-8-19)11-18(23)24/h3-6,12,14,16-17,22H,1-2,7-11H2,(H,23,24)/t14-,16-,17+/m0/s1. The van der Waals surface area contributed by atoms with Crippen molar-refractivity contribution in [2.75, 3.05) is 0 Å². The maximum Gasteiger partial charge on any atom is 0.303 e. The second-order valence-corrected chi connectivity index (χ2v) is 10.5. The van der Waals surface area contributed by atoms with Crippen molar-refractivity contribution in [3.63, 3.8) is 0 Å². The number of aliphatic hydroxyl groups is 1. The highest BCUT2D eigenvalue weighted by Crippen LogP contribution is 2.58. The van der Waals surface area contributed by atoms with Crippen LogP contribution in [-0.4, -0.2) is 47.1 Å². The van der Waals surface area contributed by atoms with Crippen molar-refractivity contribution in [1.82, 2.24) is 4.31 Å². The first-order chi connectivity index (χ1) is 12.7. The Morgan fingerprint density at radius 2 is 1.81 bits per heavy atom. The SMILES string of the molecule is O=C(O)CC1([C@H]2C[C@@H](O)C[C@@H](C3CC3)N2S(=O)(=O)c2ccc(Cl)cc2)CC1. The molecular weight excluding hydrogens is 390 g/mol. The number of carboxylic acid groups (broad SMARTS) is 1. The summed E-state index contributed by atoms with van der Waals surface area (Å²) in [7, 11) is -3.81. The lowest BCUT2D eigenvalue weighted by atomic mass is 9.82. The lowest BCUT2D eigenvalue weighted by molar-refractivity contribution is -0.139. The molecular formula is C19H24ClNO5S. The Labute approximate surface area is 164 Å². The van der Waals surface area contributed by atoms with Crippen LogP contribution in [0.5, 0.6) is 0 Å². The molecule has 3 fully saturated rings. The third-order valence-electron chi connectivity index (χ3n) is 6.30. The van der Waals surface area contributed by atoms with Crippen molar-refractivity contribution < 1.29 is 23.4 Å². The molecule has 2 N–H and O–H groups in total. The summed E-state index contributed by atoms with van der Waals surface area (Å²) in [6.07, 6.45) is 3.31. The van der Waals surface area contributed by atoms with Crippen LogP contribution in [0.4, 0.5) is 0 Å². The molecule has 2 saturated carbocycles. The number of carbonyl (C=O) groups is 1. The van der Waals surface area contributed by atoms with Gasteiger partial charge in [0.25, 0.3) is 0 Å². The summed E-state index contributed by atoms with van der Waals surface area (Å²) in [5.41, 5.74) is -0.570. The van der Waals surface area contributed by atoms with Crippen LogP contribution >= 0.6 is 11.6 Å².